The van der Waals surface area contributed by atoms with Crippen LogP contribution in [0, 0.1) is 0 Å². The van der Waals surface area contributed by atoms with E-state index in [1.807, 2.05) is 0 Å². The number of phenolic OH excluding ortho intramolecular Hbond substituents is 1. The SMILES string of the molecule is COc1ccc(O[C@@H]2C=C(C(=O)N[C@@H](Cc3ccc(O)cc3)C(N)=O)C[C@@H](O)[C@H]2O)cc1. The van der Waals surface area contributed by atoms with E-state index in [1.165, 1.54) is 25.3 Å². The number of amides is 2. The largest absolute Gasteiger partial charge is 0.508 e. The summed E-state index contributed by atoms with van der Waals surface area (Å²) in [5, 5.41) is 32.5. The first-order valence-electron chi connectivity index (χ1n) is 10.0. The monoisotopic (exact) mass is 442 g/mol. The molecule has 0 aliphatic heterocycles. The minimum atomic E-state index is -1.24. The van der Waals surface area contributed by atoms with Gasteiger partial charge in [-0.05, 0) is 48.0 Å². The Labute approximate surface area is 185 Å². The Balaban J connectivity index is 1.72. The smallest absolute Gasteiger partial charge is 0.247 e. The fourth-order valence-electron chi connectivity index (χ4n) is 3.35. The highest BCUT2D eigenvalue weighted by Gasteiger charge is 2.35. The molecule has 0 fully saturated rings. The molecule has 32 heavy (non-hydrogen) atoms. The lowest BCUT2D eigenvalue weighted by Crippen LogP contribution is -2.49. The Kier molecular flexibility index (Phi) is 7.34. The quantitative estimate of drug-likeness (QED) is 0.397. The van der Waals surface area contributed by atoms with Crippen LogP contribution in [0.5, 0.6) is 17.2 Å². The van der Waals surface area contributed by atoms with Crippen molar-refractivity contribution >= 4 is 11.8 Å². The van der Waals surface area contributed by atoms with Crippen molar-refractivity contribution in [2.45, 2.75) is 37.2 Å². The van der Waals surface area contributed by atoms with Gasteiger partial charge in [0.2, 0.25) is 11.8 Å². The molecule has 2 amide bonds. The molecular weight excluding hydrogens is 416 g/mol. The number of aromatic hydroxyl groups is 1. The molecule has 9 nitrogen and oxygen atoms in total. The highest BCUT2D eigenvalue weighted by atomic mass is 16.5. The standard InChI is InChI=1S/C23H26N2O7/c1-31-16-6-8-17(9-7-16)32-20-12-14(11-19(27)21(20)28)23(30)25-18(22(24)29)10-13-2-4-15(26)5-3-13/h2-9,12,18-21,26-28H,10-11H2,1H3,(H2,24,29)(H,25,30)/t18-,19+,20+,21+/m0/s1. The molecule has 0 saturated carbocycles. The van der Waals surface area contributed by atoms with Gasteiger partial charge in [-0.3, -0.25) is 9.59 Å². The van der Waals surface area contributed by atoms with E-state index in [-0.39, 0.29) is 24.2 Å². The summed E-state index contributed by atoms with van der Waals surface area (Å²) < 4.78 is 10.8. The molecule has 1 aliphatic rings. The van der Waals surface area contributed by atoms with Gasteiger partial charge in [-0.2, -0.15) is 0 Å². The summed E-state index contributed by atoms with van der Waals surface area (Å²) in [6, 6.07) is 11.8. The third-order valence-corrected chi connectivity index (χ3v) is 5.17. The van der Waals surface area contributed by atoms with Crippen LogP contribution < -0.4 is 20.5 Å². The van der Waals surface area contributed by atoms with E-state index in [9.17, 15) is 24.9 Å². The zero-order chi connectivity index (χ0) is 23.3. The van der Waals surface area contributed by atoms with Gasteiger partial charge >= 0.3 is 0 Å². The minimum absolute atomic E-state index is 0.0798. The average Bonchev–Trinajstić information content (AvgIpc) is 2.78. The Bertz CT molecular complexity index is 973. The summed E-state index contributed by atoms with van der Waals surface area (Å²) in [6.45, 7) is 0. The van der Waals surface area contributed by atoms with E-state index in [2.05, 4.69) is 5.32 Å². The number of methoxy groups -OCH3 is 1. The molecule has 0 spiro atoms. The number of carbonyl (C=O) groups is 2. The van der Waals surface area contributed by atoms with E-state index in [0.717, 1.165) is 0 Å². The summed E-state index contributed by atoms with van der Waals surface area (Å²) in [4.78, 5) is 24.7. The normalized spacial score (nSPS) is 21.2. The van der Waals surface area contributed by atoms with Crippen molar-refractivity contribution < 1.29 is 34.4 Å². The Morgan fingerprint density at radius 3 is 2.31 bits per heavy atom. The highest BCUT2D eigenvalue weighted by molar-refractivity contribution is 5.97. The van der Waals surface area contributed by atoms with Crippen molar-refractivity contribution in [3.63, 3.8) is 0 Å². The Morgan fingerprint density at radius 2 is 1.72 bits per heavy atom. The Hall–Kier alpha value is -3.56. The molecule has 0 saturated heterocycles. The maximum atomic E-state index is 12.8. The van der Waals surface area contributed by atoms with Crippen LogP contribution in [-0.2, 0) is 16.0 Å². The van der Waals surface area contributed by atoms with Gasteiger partial charge in [-0.15, -0.1) is 0 Å². The number of aliphatic hydroxyl groups excluding tert-OH is 2. The first kappa shape index (κ1) is 23.1. The second-order valence-corrected chi connectivity index (χ2v) is 7.51. The predicted molar refractivity (Wildman–Crippen MR) is 115 cm³/mol. The lowest BCUT2D eigenvalue weighted by molar-refractivity contribution is -0.126. The molecule has 4 atom stereocenters. The van der Waals surface area contributed by atoms with E-state index >= 15 is 0 Å². The van der Waals surface area contributed by atoms with Crippen molar-refractivity contribution in [2.75, 3.05) is 7.11 Å². The number of carbonyl (C=O) groups excluding carboxylic acids is 2. The van der Waals surface area contributed by atoms with E-state index in [1.54, 1.807) is 36.4 Å². The molecule has 0 bridgehead atoms. The molecule has 3 rings (SSSR count). The molecule has 0 unspecified atom stereocenters. The third kappa shape index (κ3) is 5.77. The van der Waals surface area contributed by atoms with Crippen LogP contribution in [0.3, 0.4) is 0 Å². The second-order valence-electron chi connectivity index (χ2n) is 7.51. The van der Waals surface area contributed by atoms with Crippen LogP contribution in [0.15, 0.2) is 60.2 Å². The van der Waals surface area contributed by atoms with E-state index in [4.69, 9.17) is 15.2 Å². The third-order valence-electron chi connectivity index (χ3n) is 5.17. The predicted octanol–water partition coefficient (Wildman–Crippen LogP) is 0.413. The number of hydrogen-bond donors (Lipinski definition) is 5. The minimum Gasteiger partial charge on any atom is -0.508 e. The topological polar surface area (TPSA) is 151 Å². The lowest BCUT2D eigenvalue weighted by atomic mass is 9.91. The molecule has 0 aromatic heterocycles. The molecule has 1 aliphatic carbocycles. The molecule has 9 heteroatoms. The first-order valence-corrected chi connectivity index (χ1v) is 10.0. The van der Waals surface area contributed by atoms with Crippen LogP contribution >= 0.6 is 0 Å². The number of hydrogen-bond acceptors (Lipinski definition) is 7. The van der Waals surface area contributed by atoms with Crippen LogP contribution in [-0.4, -0.2) is 58.6 Å². The maximum absolute atomic E-state index is 12.8. The number of aliphatic hydroxyl groups is 2. The van der Waals surface area contributed by atoms with Crippen LogP contribution in [0.4, 0.5) is 0 Å². The van der Waals surface area contributed by atoms with Gasteiger partial charge in [0.15, 0.2) is 0 Å². The molecular formula is C23H26N2O7. The molecule has 2 aromatic carbocycles. The van der Waals surface area contributed by atoms with Crippen molar-refractivity contribution in [3.8, 4) is 17.2 Å². The van der Waals surface area contributed by atoms with Crippen molar-refractivity contribution in [1.29, 1.82) is 0 Å². The first-order chi connectivity index (χ1) is 15.3. The van der Waals surface area contributed by atoms with Crippen molar-refractivity contribution in [3.05, 3.63) is 65.7 Å². The number of rotatable bonds is 8. The number of benzene rings is 2. The van der Waals surface area contributed by atoms with E-state index in [0.29, 0.717) is 17.1 Å². The summed E-state index contributed by atoms with van der Waals surface area (Å²) in [7, 11) is 1.53. The zero-order valence-corrected chi connectivity index (χ0v) is 17.5. The van der Waals surface area contributed by atoms with Crippen LogP contribution in [0.2, 0.25) is 0 Å². The summed E-state index contributed by atoms with van der Waals surface area (Å²) in [6.07, 6.45) is -2.00. The van der Waals surface area contributed by atoms with E-state index < -0.39 is 36.2 Å². The van der Waals surface area contributed by atoms with Gasteiger partial charge in [0.1, 0.15) is 35.5 Å². The molecule has 0 heterocycles. The molecule has 2 aromatic rings. The second kappa shape index (κ2) is 10.2. The fraction of sp³-hybridized carbons (Fsp3) is 0.304. The number of nitrogens with one attached hydrogen (secondary N) is 1. The molecule has 170 valence electrons. The summed E-state index contributed by atoms with van der Waals surface area (Å²) in [5.74, 6) is -0.196. The van der Waals surface area contributed by atoms with Gasteiger partial charge < -0.3 is 35.8 Å². The maximum Gasteiger partial charge on any atom is 0.247 e. The summed E-state index contributed by atoms with van der Waals surface area (Å²) in [5.41, 5.74) is 6.31. The highest BCUT2D eigenvalue weighted by Crippen LogP contribution is 2.25. The van der Waals surface area contributed by atoms with Crippen LogP contribution in [0.25, 0.3) is 0 Å². The van der Waals surface area contributed by atoms with Crippen molar-refractivity contribution in [1.82, 2.24) is 5.32 Å². The lowest BCUT2D eigenvalue weighted by Gasteiger charge is -2.31. The number of ether oxygens (including phenoxy) is 2. The number of nitrogens with two attached hydrogens (primary N) is 1. The zero-order valence-electron chi connectivity index (χ0n) is 17.5. The Morgan fingerprint density at radius 1 is 1.09 bits per heavy atom. The van der Waals surface area contributed by atoms with Crippen LogP contribution in [0.1, 0.15) is 12.0 Å². The molecule has 6 N–H and O–H groups in total. The van der Waals surface area contributed by atoms with Gasteiger partial charge in [-0.25, -0.2) is 0 Å². The van der Waals surface area contributed by atoms with Crippen molar-refractivity contribution in [2.24, 2.45) is 5.73 Å². The van der Waals surface area contributed by atoms with Gasteiger partial charge in [0.25, 0.3) is 0 Å². The average molecular weight is 442 g/mol. The summed E-state index contributed by atoms with van der Waals surface area (Å²) >= 11 is 0. The number of phenols is 1. The fourth-order valence-corrected chi connectivity index (χ4v) is 3.35. The van der Waals surface area contributed by atoms with Gasteiger partial charge in [0.05, 0.1) is 13.2 Å². The molecule has 0 radical (unpaired) electrons. The van der Waals surface area contributed by atoms with Gasteiger partial charge in [-0.1, -0.05) is 12.1 Å². The van der Waals surface area contributed by atoms with Gasteiger partial charge in [0, 0.05) is 18.4 Å². The number of primary amides is 1.